The third kappa shape index (κ3) is 6.78. The monoisotopic (exact) mass is 694 g/mol. The van der Waals surface area contributed by atoms with Gasteiger partial charge in [-0.2, -0.15) is 0 Å². The minimum atomic E-state index is -1.08. The van der Waals surface area contributed by atoms with E-state index in [-0.39, 0.29) is 49.6 Å². The first-order valence-corrected chi connectivity index (χ1v) is 16.1. The number of fused-ring (bicyclic) bond motifs is 3. The van der Waals surface area contributed by atoms with E-state index < -0.39 is 11.9 Å². The number of aromatic carboxylic acids is 1. The standard InChI is InChI=1S/C36H38N8O7/c1-50-19-42-29-7-4-25(14-23(29)17-31(42)33(45)39-11-9-37)44(35(47)28-16-22-13-21(36(48)49)3-6-27(22)41-28)26-5-8-30-24(15-26)18-32(43(30)20-51-2)34(46)40-12-10-38/h3-8,13-18,41H,9-12,19-20,37-38H2,1-2H3,(H,39,45)(H,40,46)(H,48,49). The van der Waals surface area contributed by atoms with Gasteiger partial charge in [0, 0.05) is 62.1 Å². The van der Waals surface area contributed by atoms with Crippen LogP contribution < -0.4 is 27.0 Å². The highest BCUT2D eigenvalue weighted by Crippen LogP contribution is 2.35. The molecule has 0 spiro atoms. The molecule has 0 bridgehead atoms. The summed E-state index contributed by atoms with van der Waals surface area (Å²) in [5.41, 5.74) is 15.2. The number of aromatic amines is 1. The highest BCUT2D eigenvalue weighted by molar-refractivity contribution is 6.14. The molecular weight excluding hydrogens is 656 g/mol. The maximum atomic E-state index is 14.6. The Morgan fingerprint density at radius 2 is 1.25 bits per heavy atom. The number of methoxy groups -OCH3 is 2. The van der Waals surface area contributed by atoms with Gasteiger partial charge in [0.15, 0.2) is 0 Å². The number of carboxylic acids is 1. The lowest BCUT2D eigenvalue weighted by molar-refractivity contribution is 0.0696. The fourth-order valence-corrected chi connectivity index (χ4v) is 6.14. The third-order valence-corrected chi connectivity index (χ3v) is 8.43. The molecule has 0 atom stereocenters. The van der Waals surface area contributed by atoms with Gasteiger partial charge in [0.05, 0.1) is 28.0 Å². The molecule has 264 valence electrons. The first kappa shape index (κ1) is 34.8. The van der Waals surface area contributed by atoms with Gasteiger partial charge in [-0.05, 0) is 72.8 Å². The van der Waals surface area contributed by atoms with Crippen LogP contribution in [0.2, 0.25) is 0 Å². The number of anilines is 2. The van der Waals surface area contributed by atoms with E-state index in [0.717, 1.165) is 0 Å². The van der Waals surface area contributed by atoms with Crippen LogP contribution in [0.15, 0.2) is 72.8 Å². The number of carbonyl (C=O) groups excluding carboxylic acids is 3. The van der Waals surface area contributed by atoms with Crippen molar-refractivity contribution in [3.05, 3.63) is 95.4 Å². The molecule has 3 aromatic heterocycles. The van der Waals surface area contributed by atoms with Crippen molar-refractivity contribution in [3.8, 4) is 0 Å². The van der Waals surface area contributed by atoms with Gasteiger partial charge in [0.2, 0.25) is 0 Å². The number of rotatable bonds is 14. The summed E-state index contributed by atoms with van der Waals surface area (Å²) in [6.07, 6.45) is 0. The zero-order chi connectivity index (χ0) is 36.2. The zero-order valence-corrected chi connectivity index (χ0v) is 28.1. The Kier molecular flexibility index (Phi) is 10.2. The first-order valence-electron chi connectivity index (χ1n) is 16.1. The van der Waals surface area contributed by atoms with E-state index in [9.17, 15) is 24.3 Å². The van der Waals surface area contributed by atoms with Crippen molar-refractivity contribution in [2.45, 2.75) is 13.5 Å². The van der Waals surface area contributed by atoms with Crippen LogP contribution in [0.25, 0.3) is 32.7 Å². The van der Waals surface area contributed by atoms with Crippen LogP contribution in [0.5, 0.6) is 0 Å². The van der Waals surface area contributed by atoms with E-state index >= 15 is 0 Å². The number of hydrogen-bond acceptors (Lipinski definition) is 8. The molecule has 15 nitrogen and oxygen atoms in total. The highest BCUT2D eigenvalue weighted by atomic mass is 16.5. The van der Waals surface area contributed by atoms with Crippen LogP contribution in [0.1, 0.15) is 41.8 Å². The molecule has 0 saturated carbocycles. The van der Waals surface area contributed by atoms with E-state index in [4.69, 9.17) is 20.9 Å². The molecule has 0 aliphatic rings. The number of nitrogens with two attached hydrogens (primary N) is 2. The van der Waals surface area contributed by atoms with Crippen molar-refractivity contribution in [3.63, 3.8) is 0 Å². The molecule has 3 aromatic carbocycles. The lowest BCUT2D eigenvalue weighted by atomic mass is 10.1. The van der Waals surface area contributed by atoms with Gasteiger partial charge >= 0.3 is 5.97 Å². The number of H-pyrrole nitrogens is 1. The Hall–Kier alpha value is -6.00. The minimum Gasteiger partial charge on any atom is -0.478 e. The van der Waals surface area contributed by atoms with E-state index in [1.54, 1.807) is 57.7 Å². The van der Waals surface area contributed by atoms with Gasteiger partial charge in [-0.25, -0.2) is 4.79 Å². The molecule has 3 amide bonds. The molecule has 0 unspecified atom stereocenters. The summed E-state index contributed by atoms with van der Waals surface area (Å²) in [5, 5.41) is 17.0. The summed E-state index contributed by atoms with van der Waals surface area (Å²) in [7, 11) is 3.07. The van der Waals surface area contributed by atoms with E-state index in [2.05, 4.69) is 15.6 Å². The fraction of sp³-hybridized carbons (Fsp3) is 0.222. The second-order valence-electron chi connectivity index (χ2n) is 11.8. The van der Waals surface area contributed by atoms with Crippen molar-refractivity contribution in [2.75, 3.05) is 45.3 Å². The van der Waals surface area contributed by atoms with Crippen LogP contribution in [0.3, 0.4) is 0 Å². The Morgan fingerprint density at radius 3 is 1.73 bits per heavy atom. The lowest BCUT2D eigenvalue weighted by Gasteiger charge is -2.23. The summed E-state index contributed by atoms with van der Waals surface area (Å²) >= 11 is 0. The Morgan fingerprint density at radius 1 is 0.725 bits per heavy atom. The molecule has 0 aliphatic heterocycles. The summed E-state index contributed by atoms with van der Waals surface area (Å²) in [5.74, 6) is -2.16. The van der Waals surface area contributed by atoms with Crippen molar-refractivity contribution in [2.24, 2.45) is 11.5 Å². The summed E-state index contributed by atoms with van der Waals surface area (Å²) < 4.78 is 14.3. The molecule has 0 saturated heterocycles. The molecule has 0 radical (unpaired) electrons. The van der Waals surface area contributed by atoms with Crippen molar-refractivity contribution in [1.29, 1.82) is 0 Å². The largest absolute Gasteiger partial charge is 0.478 e. The van der Waals surface area contributed by atoms with Crippen LogP contribution in [0.4, 0.5) is 11.4 Å². The Balaban J connectivity index is 1.51. The maximum absolute atomic E-state index is 14.6. The maximum Gasteiger partial charge on any atom is 0.335 e. The van der Waals surface area contributed by atoms with E-state index in [1.807, 2.05) is 12.1 Å². The number of nitrogens with zero attached hydrogens (tertiary/aromatic N) is 3. The van der Waals surface area contributed by atoms with Gasteiger partial charge in [-0.3, -0.25) is 19.3 Å². The lowest BCUT2D eigenvalue weighted by Crippen LogP contribution is -2.30. The fourth-order valence-electron chi connectivity index (χ4n) is 6.14. The number of aromatic nitrogens is 3. The second kappa shape index (κ2) is 14.9. The first-order chi connectivity index (χ1) is 24.7. The van der Waals surface area contributed by atoms with Crippen LogP contribution in [0, 0.1) is 0 Å². The van der Waals surface area contributed by atoms with Gasteiger partial charge in [-0.15, -0.1) is 0 Å². The van der Waals surface area contributed by atoms with Crippen LogP contribution >= 0.6 is 0 Å². The van der Waals surface area contributed by atoms with Crippen molar-refractivity contribution < 1.29 is 33.8 Å². The minimum absolute atomic E-state index is 0.0898. The number of carboxylic acid groups (broad SMARTS) is 1. The molecule has 8 N–H and O–H groups in total. The number of ether oxygens (including phenoxy) is 2. The second-order valence-corrected chi connectivity index (χ2v) is 11.8. The van der Waals surface area contributed by atoms with Gasteiger partial charge in [0.25, 0.3) is 17.7 Å². The quantitative estimate of drug-likeness (QED) is 0.0986. The summed E-state index contributed by atoms with van der Waals surface area (Å²) in [6, 6.07) is 20.4. The average Bonchev–Trinajstić information content (AvgIpc) is 3.83. The summed E-state index contributed by atoms with van der Waals surface area (Å²) in [4.78, 5) is 57.0. The predicted octanol–water partition coefficient (Wildman–Crippen LogP) is 3.34. The molecular formula is C36H38N8O7. The van der Waals surface area contributed by atoms with Gasteiger partial charge in [0.1, 0.15) is 30.5 Å². The van der Waals surface area contributed by atoms with Crippen LogP contribution in [-0.2, 0) is 22.9 Å². The Labute approximate surface area is 291 Å². The van der Waals surface area contributed by atoms with E-state index in [0.29, 0.717) is 68.6 Å². The number of amides is 3. The molecule has 3 heterocycles. The van der Waals surface area contributed by atoms with E-state index in [1.165, 1.54) is 31.3 Å². The SMILES string of the molecule is COCn1c(C(=O)NCCN)cc2cc(N(C(=O)c3cc4cc(C(=O)O)ccc4[nH]3)c3ccc4c(c3)cc(C(=O)NCCN)n4COC)ccc21. The molecule has 6 rings (SSSR count). The normalized spacial score (nSPS) is 11.4. The number of nitrogens with one attached hydrogen (secondary N) is 3. The summed E-state index contributed by atoms with van der Waals surface area (Å²) in [6.45, 7) is 1.37. The third-order valence-electron chi connectivity index (χ3n) is 8.43. The van der Waals surface area contributed by atoms with Crippen molar-refractivity contribution in [1.82, 2.24) is 24.8 Å². The van der Waals surface area contributed by atoms with Crippen molar-refractivity contribution >= 4 is 67.8 Å². The van der Waals surface area contributed by atoms with Gasteiger partial charge < -0.3 is 50.8 Å². The average molecular weight is 695 g/mol. The Bertz CT molecular complexity index is 2180. The molecule has 15 heteroatoms. The van der Waals surface area contributed by atoms with Crippen LogP contribution in [-0.4, -0.2) is 83.3 Å². The molecule has 6 aromatic rings. The number of benzene rings is 3. The molecule has 0 aliphatic carbocycles. The number of hydrogen-bond donors (Lipinski definition) is 6. The predicted molar refractivity (Wildman–Crippen MR) is 192 cm³/mol. The highest BCUT2D eigenvalue weighted by Gasteiger charge is 2.25. The molecule has 0 fully saturated rings. The van der Waals surface area contributed by atoms with Gasteiger partial charge in [-0.1, -0.05) is 0 Å². The molecule has 51 heavy (non-hydrogen) atoms. The topological polar surface area (TPSA) is 212 Å². The zero-order valence-electron chi connectivity index (χ0n) is 28.1. The smallest absolute Gasteiger partial charge is 0.335 e. The number of carbonyl (C=O) groups is 4.